The number of hydrogen-bond acceptors (Lipinski definition) is 4. The van der Waals surface area contributed by atoms with Crippen molar-refractivity contribution in [1.82, 2.24) is 0 Å². The van der Waals surface area contributed by atoms with E-state index < -0.39 is 29.4 Å². The monoisotopic (exact) mass is 587 g/mol. The molecule has 2 bridgehead atoms. The number of halogens is 3. The van der Waals surface area contributed by atoms with Crippen molar-refractivity contribution < 1.29 is 49.6 Å². The summed E-state index contributed by atoms with van der Waals surface area (Å²) in [4.78, 5) is 13.7. The average Bonchev–Trinajstić information content (AvgIpc) is 2.93. The Bertz CT molecular complexity index is 1150. The van der Waals surface area contributed by atoms with E-state index in [9.17, 15) is 18.7 Å². The fourth-order valence-electron chi connectivity index (χ4n) is 5.78. The number of nitrogens with zero attached hydrogens (tertiary/aromatic N) is 1. The van der Waals surface area contributed by atoms with Gasteiger partial charge < -0.3 is 31.6 Å². The normalized spacial score (nSPS) is 22.4. The molecule has 0 unspecified atom stereocenters. The second-order valence-electron chi connectivity index (χ2n) is 10.2. The zero-order chi connectivity index (χ0) is 25.9. The van der Waals surface area contributed by atoms with Gasteiger partial charge in [-0.2, -0.15) is 0 Å². The molecule has 3 aromatic carbocycles. The smallest absolute Gasteiger partial charge is 0.352 e. The van der Waals surface area contributed by atoms with E-state index in [2.05, 4.69) is 0 Å². The number of quaternary nitrogens is 1. The third kappa shape index (κ3) is 5.77. The van der Waals surface area contributed by atoms with Crippen LogP contribution in [0.2, 0.25) is 0 Å². The lowest BCUT2D eigenvalue weighted by molar-refractivity contribution is -0.984. The molecule has 3 fully saturated rings. The second kappa shape index (κ2) is 11.9. The molecule has 1 atom stereocenters. The highest BCUT2D eigenvalue weighted by Crippen LogP contribution is 2.41. The van der Waals surface area contributed by atoms with Crippen molar-refractivity contribution in [1.29, 1.82) is 0 Å². The molecular formula is C30H32BrF2NO4. The number of para-hydroxylation sites is 1. The molecule has 0 aliphatic carbocycles. The number of carbonyl (C=O) groups excluding carboxylic acids is 1. The van der Waals surface area contributed by atoms with Crippen LogP contribution < -0.4 is 21.7 Å². The number of ether oxygens (including phenoxy) is 2. The Kier molecular flexibility index (Phi) is 8.85. The Hall–Kier alpha value is -2.81. The van der Waals surface area contributed by atoms with Gasteiger partial charge in [-0.25, -0.2) is 13.6 Å². The standard InChI is InChI=1S/C30H32F2NO4.BrH/c31-25-11-7-23(8-12-25)30(35,24-9-13-26(32)14-10-24)29(34)37-28-21-22-15-18-33(28,19-16-22)17-4-20-36-27-5-2-1-3-6-27;/h1-3,5-14,22,28,35H,4,15-21H2;1H/q+1;/p-1/t22?,28-,33?;/m1./s1. The third-order valence-corrected chi connectivity index (χ3v) is 7.93. The van der Waals surface area contributed by atoms with E-state index in [-0.39, 0.29) is 28.1 Å². The number of piperidine rings is 3. The molecule has 3 saturated heterocycles. The van der Waals surface area contributed by atoms with Crippen LogP contribution in [-0.4, -0.2) is 48.0 Å². The average molecular weight is 588 g/mol. The molecular weight excluding hydrogens is 556 g/mol. The minimum Gasteiger partial charge on any atom is -1.00 e. The highest BCUT2D eigenvalue weighted by atomic mass is 79.9. The van der Waals surface area contributed by atoms with E-state index >= 15 is 0 Å². The Balaban J connectivity index is 0.00000336. The summed E-state index contributed by atoms with van der Waals surface area (Å²) in [6, 6.07) is 19.8. The minimum absolute atomic E-state index is 0. The van der Waals surface area contributed by atoms with E-state index in [1.807, 2.05) is 30.3 Å². The largest absolute Gasteiger partial charge is 1.00 e. The van der Waals surface area contributed by atoms with Crippen LogP contribution >= 0.6 is 0 Å². The van der Waals surface area contributed by atoms with Crippen molar-refractivity contribution in [3.05, 3.63) is 102 Å². The molecule has 8 heteroatoms. The fourth-order valence-corrected chi connectivity index (χ4v) is 5.78. The summed E-state index contributed by atoms with van der Waals surface area (Å²) in [6.07, 6.45) is 3.29. The summed E-state index contributed by atoms with van der Waals surface area (Å²) >= 11 is 0. The number of hydrogen-bond donors (Lipinski definition) is 1. The number of carbonyl (C=O) groups is 1. The Morgan fingerprint density at radius 3 is 2.00 bits per heavy atom. The van der Waals surface area contributed by atoms with Gasteiger partial charge in [-0.1, -0.05) is 42.5 Å². The third-order valence-electron chi connectivity index (χ3n) is 7.93. The lowest BCUT2D eigenvalue weighted by Gasteiger charge is -2.53. The van der Waals surface area contributed by atoms with Crippen LogP contribution in [0, 0.1) is 17.6 Å². The predicted octanol–water partition coefficient (Wildman–Crippen LogP) is 2.17. The summed E-state index contributed by atoms with van der Waals surface area (Å²) in [5.74, 6) is -0.510. The molecule has 6 rings (SSSR count). The van der Waals surface area contributed by atoms with Crippen LogP contribution in [0.3, 0.4) is 0 Å². The quantitative estimate of drug-likeness (QED) is 0.237. The summed E-state index contributed by atoms with van der Waals surface area (Å²) < 4.78 is 40.0. The molecule has 3 aliphatic heterocycles. The van der Waals surface area contributed by atoms with Crippen LogP contribution in [0.4, 0.5) is 8.78 Å². The minimum atomic E-state index is -2.19. The number of fused-ring (bicyclic) bond motifs is 3. The molecule has 0 saturated carbocycles. The number of benzene rings is 3. The molecule has 0 radical (unpaired) electrons. The van der Waals surface area contributed by atoms with Gasteiger partial charge >= 0.3 is 5.97 Å². The lowest BCUT2D eigenvalue weighted by Crippen LogP contribution is -3.00. The van der Waals surface area contributed by atoms with Crippen molar-refractivity contribution >= 4 is 5.97 Å². The van der Waals surface area contributed by atoms with Gasteiger partial charge in [-0.3, -0.25) is 4.48 Å². The second-order valence-corrected chi connectivity index (χ2v) is 10.2. The number of aliphatic hydroxyl groups is 1. The number of esters is 1. The maximum atomic E-state index is 13.7. The van der Waals surface area contributed by atoms with E-state index in [4.69, 9.17) is 9.47 Å². The fraction of sp³-hybridized carbons (Fsp3) is 0.367. The van der Waals surface area contributed by atoms with Crippen molar-refractivity contribution in [2.24, 2.45) is 5.92 Å². The first-order valence-corrected chi connectivity index (χ1v) is 12.9. The summed E-state index contributed by atoms with van der Waals surface area (Å²) in [7, 11) is 0. The van der Waals surface area contributed by atoms with E-state index in [0.29, 0.717) is 17.0 Å². The maximum Gasteiger partial charge on any atom is 0.352 e. The van der Waals surface area contributed by atoms with Crippen molar-refractivity contribution in [3.8, 4) is 5.75 Å². The summed E-state index contributed by atoms with van der Waals surface area (Å²) in [5, 5.41) is 11.8. The van der Waals surface area contributed by atoms with Crippen LogP contribution in [0.5, 0.6) is 5.75 Å². The van der Waals surface area contributed by atoms with Crippen LogP contribution in [0.15, 0.2) is 78.9 Å². The van der Waals surface area contributed by atoms with Crippen molar-refractivity contribution in [2.45, 2.75) is 37.5 Å². The van der Waals surface area contributed by atoms with Crippen molar-refractivity contribution in [2.75, 3.05) is 26.2 Å². The van der Waals surface area contributed by atoms with Gasteiger partial charge in [0.1, 0.15) is 17.4 Å². The number of rotatable bonds is 9. The SMILES string of the molecule is O=C(O[C@@H]1CC2CC[N+]1(CCCOc1ccccc1)CC2)C(O)(c1ccc(F)cc1)c1ccc(F)cc1.[Br-]. The van der Waals surface area contributed by atoms with Gasteiger partial charge in [0.15, 0.2) is 0 Å². The van der Waals surface area contributed by atoms with Crippen LogP contribution in [-0.2, 0) is 15.1 Å². The Morgan fingerprint density at radius 2 is 1.45 bits per heavy atom. The lowest BCUT2D eigenvalue weighted by atomic mass is 9.83. The molecule has 3 heterocycles. The Labute approximate surface area is 232 Å². The van der Waals surface area contributed by atoms with Crippen LogP contribution in [0.1, 0.15) is 36.8 Å². The first-order chi connectivity index (χ1) is 17.9. The molecule has 0 amide bonds. The zero-order valence-corrected chi connectivity index (χ0v) is 22.7. The first-order valence-electron chi connectivity index (χ1n) is 12.9. The predicted molar refractivity (Wildman–Crippen MR) is 134 cm³/mol. The van der Waals surface area contributed by atoms with Gasteiger partial charge in [0, 0.05) is 25.7 Å². The molecule has 38 heavy (non-hydrogen) atoms. The van der Waals surface area contributed by atoms with E-state index in [1.54, 1.807) is 0 Å². The molecule has 0 aromatic heterocycles. The van der Waals surface area contributed by atoms with Crippen molar-refractivity contribution in [3.63, 3.8) is 0 Å². The highest BCUT2D eigenvalue weighted by molar-refractivity contribution is 5.85. The topological polar surface area (TPSA) is 55.8 Å². The van der Waals surface area contributed by atoms with Gasteiger partial charge in [0.25, 0.3) is 0 Å². The summed E-state index contributed by atoms with van der Waals surface area (Å²) in [5.41, 5.74) is -1.85. The molecule has 0 spiro atoms. The van der Waals surface area contributed by atoms with E-state index in [0.717, 1.165) is 51.1 Å². The first kappa shape index (κ1) is 28.2. The van der Waals surface area contributed by atoms with Gasteiger partial charge in [-0.15, -0.1) is 0 Å². The summed E-state index contributed by atoms with van der Waals surface area (Å²) in [6.45, 7) is 3.16. The molecule has 5 nitrogen and oxygen atoms in total. The van der Waals surface area contributed by atoms with E-state index in [1.165, 1.54) is 48.5 Å². The maximum absolute atomic E-state index is 13.7. The van der Waals surface area contributed by atoms with Gasteiger partial charge in [0.05, 0.1) is 26.2 Å². The highest BCUT2D eigenvalue weighted by Gasteiger charge is 2.52. The van der Waals surface area contributed by atoms with Gasteiger partial charge in [0.2, 0.25) is 11.8 Å². The molecule has 1 N–H and O–H groups in total. The molecule has 3 aromatic rings. The molecule has 3 aliphatic rings. The molecule has 202 valence electrons. The van der Waals surface area contributed by atoms with Gasteiger partial charge in [-0.05, 0) is 53.4 Å². The zero-order valence-electron chi connectivity index (χ0n) is 21.1. The Morgan fingerprint density at radius 1 is 0.895 bits per heavy atom. The van der Waals surface area contributed by atoms with Crippen LogP contribution in [0.25, 0.3) is 0 Å².